The van der Waals surface area contributed by atoms with Gasteiger partial charge in [-0.3, -0.25) is 0 Å². The van der Waals surface area contributed by atoms with E-state index in [1.165, 1.54) is 0 Å². The minimum Gasteiger partial charge on any atom is -0.495 e. The van der Waals surface area contributed by atoms with E-state index in [4.69, 9.17) is 9.47 Å². The number of ether oxygens (including phenoxy) is 2. The number of likely N-dealkylation sites (tertiary alicyclic amines) is 1. The van der Waals surface area contributed by atoms with Crippen LogP contribution in [0, 0.1) is 0 Å². The Morgan fingerprint density at radius 1 is 1.33 bits per heavy atom. The molecule has 24 heavy (non-hydrogen) atoms. The number of nitrogens with zero attached hydrogens (tertiary/aromatic N) is 2. The van der Waals surface area contributed by atoms with E-state index in [2.05, 4.69) is 26.2 Å². The van der Waals surface area contributed by atoms with Crippen molar-refractivity contribution < 1.29 is 14.3 Å². The maximum atomic E-state index is 12.4. The number of pyridine rings is 1. The van der Waals surface area contributed by atoms with Gasteiger partial charge < -0.3 is 19.7 Å². The van der Waals surface area contributed by atoms with Crippen molar-refractivity contribution >= 4 is 27.6 Å². The van der Waals surface area contributed by atoms with Crippen LogP contribution >= 0.6 is 15.9 Å². The molecule has 7 heteroatoms. The second kappa shape index (κ2) is 7.53. The minimum atomic E-state index is -0.161. The van der Waals surface area contributed by atoms with Crippen LogP contribution in [0.3, 0.4) is 0 Å². The first-order valence-corrected chi connectivity index (χ1v) is 8.43. The molecule has 2 aromatic rings. The second-order valence-corrected chi connectivity index (χ2v) is 6.25. The van der Waals surface area contributed by atoms with E-state index in [0.29, 0.717) is 30.4 Å². The molecule has 1 saturated heterocycles. The van der Waals surface area contributed by atoms with Crippen molar-refractivity contribution in [2.45, 2.75) is 12.5 Å². The molecule has 1 atom stereocenters. The molecule has 126 valence electrons. The highest BCUT2D eigenvalue weighted by Crippen LogP contribution is 2.26. The number of hydrogen-bond acceptors (Lipinski definition) is 4. The van der Waals surface area contributed by atoms with E-state index in [9.17, 15) is 4.79 Å². The summed E-state index contributed by atoms with van der Waals surface area (Å²) < 4.78 is 11.9. The topological polar surface area (TPSA) is 63.7 Å². The molecule has 0 spiro atoms. The van der Waals surface area contributed by atoms with Crippen LogP contribution < -0.4 is 14.8 Å². The number of rotatable bonds is 4. The van der Waals surface area contributed by atoms with Gasteiger partial charge in [-0.05, 0) is 40.2 Å². The Morgan fingerprint density at radius 3 is 2.96 bits per heavy atom. The Balaban J connectivity index is 1.59. The zero-order chi connectivity index (χ0) is 16.9. The number of halogens is 1. The molecule has 3 rings (SSSR count). The predicted molar refractivity (Wildman–Crippen MR) is 94.6 cm³/mol. The standard InChI is InChI=1S/C17H18BrN3O3/c1-23-15-7-3-2-6-14(15)20-17(22)21-10-8-12(11-21)24-16-13(18)5-4-9-19-16/h2-7,9,12H,8,10-11H2,1H3,(H,20,22). The van der Waals surface area contributed by atoms with Gasteiger partial charge >= 0.3 is 6.03 Å². The lowest BCUT2D eigenvalue weighted by molar-refractivity contribution is 0.189. The molecule has 0 aliphatic carbocycles. The lowest BCUT2D eigenvalue weighted by Gasteiger charge is -2.19. The smallest absolute Gasteiger partial charge is 0.322 e. The van der Waals surface area contributed by atoms with Gasteiger partial charge in [0, 0.05) is 19.2 Å². The Labute approximate surface area is 148 Å². The van der Waals surface area contributed by atoms with Crippen LogP contribution in [-0.2, 0) is 0 Å². The van der Waals surface area contributed by atoms with Crippen LogP contribution in [0.1, 0.15) is 6.42 Å². The van der Waals surface area contributed by atoms with Crippen LogP contribution in [0.2, 0.25) is 0 Å². The quantitative estimate of drug-likeness (QED) is 0.865. The molecule has 1 aromatic carbocycles. The van der Waals surface area contributed by atoms with Crippen molar-refractivity contribution in [2.75, 3.05) is 25.5 Å². The van der Waals surface area contributed by atoms with Crippen LogP contribution in [0.25, 0.3) is 0 Å². The molecule has 2 heterocycles. The van der Waals surface area contributed by atoms with Crippen molar-refractivity contribution in [3.05, 3.63) is 47.1 Å². The maximum Gasteiger partial charge on any atom is 0.322 e. The summed E-state index contributed by atoms with van der Waals surface area (Å²) in [7, 11) is 1.58. The summed E-state index contributed by atoms with van der Waals surface area (Å²) in [6, 6.07) is 10.9. The summed E-state index contributed by atoms with van der Waals surface area (Å²) in [6.07, 6.45) is 2.38. The molecule has 2 amide bonds. The molecule has 1 unspecified atom stereocenters. The number of hydrogen-bond donors (Lipinski definition) is 1. The highest BCUT2D eigenvalue weighted by molar-refractivity contribution is 9.10. The van der Waals surface area contributed by atoms with Gasteiger partial charge in [0.1, 0.15) is 11.9 Å². The highest BCUT2D eigenvalue weighted by atomic mass is 79.9. The first kappa shape index (κ1) is 16.6. The fourth-order valence-electron chi connectivity index (χ4n) is 2.57. The van der Waals surface area contributed by atoms with Crippen molar-refractivity contribution in [1.82, 2.24) is 9.88 Å². The summed E-state index contributed by atoms with van der Waals surface area (Å²) in [6.45, 7) is 1.15. The van der Waals surface area contributed by atoms with E-state index in [0.717, 1.165) is 10.9 Å². The van der Waals surface area contributed by atoms with E-state index in [-0.39, 0.29) is 12.1 Å². The predicted octanol–water partition coefficient (Wildman–Crippen LogP) is 3.54. The average Bonchev–Trinajstić information content (AvgIpc) is 3.06. The fraction of sp³-hybridized carbons (Fsp3) is 0.294. The molecule has 1 aliphatic rings. The third-order valence-electron chi connectivity index (χ3n) is 3.78. The lowest BCUT2D eigenvalue weighted by Crippen LogP contribution is -2.34. The number of methoxy groups -OCH3 is 1. The van der Waals surface area contributed by atoms with Crippen LogP contribution in [-0.4, -0.2) is 42.2 Å². The van der Waals surface area contributed by atoms with Gasteiger partial charge in [0.15, 0.2) is 0 Å². The number of carbonyl (C=O) groups excluding carboxylic acids is 1. The number of carbonyl (C=O) groups is 1. The third kappa shape index (κ3) is 3.79. The maximum absolute atomic E-state index is 12.4. The third-order valence-corrected chi connectivity index (χ3v) is 4.39. The largest absolute Gasteiger partial charge is 0.495 e. The number of urea groups is 1. The van der Waals surface area contributed by atoms with Crippen molar-refractivity contribution in [1.29, 1.82) is 0 Å². The van der Waals surface area contributed by atoms with Crippen LogP contribution in [0.15, 0.2) is 47.1 Å². The normalized spacial score (nSPS) is 16.8. The second-order valence-electron chi connectivity index (χ2n) is 5.40. The summed E-state index contributed by atoms with van der Waals surface area (Å²) >= 11 is 3.41. The zero-order valence-corrected chi connectivity index (χ0v) is 14.8. The fourth-order valence-corrected chi connectivity index (χ4v) is 2.92. The highest BCUT2D eigenvalue weighted by Gasteiger charge is 2.28. The first-order chi connectivity index (χ1) is 11.7. The Kier molecular flexibility index (Phi) is 5.20. The van der Waals surface area contributed by atoms with Gasteiger partial charge in [-0.1, -0.05) is 12.1 Å². The molecule has 0 bridgehead atoms. The molecule has 1 aliphatic heterocycles. The SMILES string of the molecule is COc1ccccc1NC(=O)N1CCC(Oc2ncccc2Br)C1. The molecule has 1 fully saturated rings. The van der Waals surface area contributed by atoms with E-state index < -0.39 is 0 Å². The Hall–Kier alpha value is -2.28. The van der Waals surface area contributed by atoms with E-state index in [1.807, 2.05) is 36.4 Å². The van der Waals surface area contributed by atoms with Crippen LogP contribution in [0.5, 0.6) is 11.6 Å². The molecular formula is C17H18BrN3O3. The summed E-state index contributed by atoms with van der Waals surface area (Å²) in [5.41, 5.74) is 0.654. The molecule has 1 aromatic heterocycles. The molecule has 0 saturated carbocycles. The summed E-state index contributed by atoms with van der Waals surface area (Å²) in [5, 5.41) is 2.88. The van der Waals surface area contributed by atoms with Gasteiger partial charge in [0.05, 0.1) is 23.8 Å². The van der Waals surface area contributed by atoms with E-state index >= 15 is 0 Å². The Bertz CT molecular complexity index is 726. The van der Waals surface area contributed by atoms with Gasteiger partial charge in [-0.2, -0.15) is 0 Å². The molecule has 1 N–H and O–H groups in total. The molecule has 6 nitrogen and oxygen atoms in total. The Morgan fingerprint density at radius 2 is 2.17 bits per heavy atom. The number of nitrogens with one attached hydrogen (secondary N) is 1. The lowest BCUT2D eigenvalue weighted by atomic mass is 10.3. The number of anilines is 1. The van der Waals surface area contributed by atoms with Crippen molar-refractivity contribution in [3.8, 4) is 11.6 Å². The number of benzene rings is 1. The number of amides is 2. The zero-order valence-electron chi connectivity index (χ0n) is 13.2. The van der Waals surface area contributed by atoms with Crippen LogP contribution in [0.4, 0.5) is 10.5 Å². The molecule has 0 radical (unpaired) electrons. The van der Waals surface area contributed by atoms with Crippen molar-refractivity contribution in [3.63, 3.8) is 0 Å². The first-order valence-electron chi connectivity index (χ1n) is 7.63. The van der Waals surface area contributed by atoms with Gasteiger partial charge in [0.25, 0.3) is 0 Å². The molecular weight excluding hydrogens is 374 g/mol. The van der Waals surface area contributed by atoms with Crippen molar-refractivity contribution in [2.24, 2.45) is 0 Å². The average molecular weight is 392 g/mol. The number of aromatic nitrogens is 1. The summed E-state index contributed by atoms with van der Waals surface area (Å²) in [4.78, 5) is 18.4. The van der Waals surface area contributed by atoms with Gasteiger partial charge in [-0.25, -0.2) is 9.78 Å². The van der Waals surface area contributed by atoms with E-state index in [1.54, 1.807) is 18.2 Å². The van der Waals surface area contributed by atoms with Gasteiger partial charge in [-0.15, -0.1) is 0 Å². The summed E-state index contributed by atoms with van der Waals surface area (Å²) in [5.74, 6) is 1.18. The van der Waals surface area contributed by atoms with Gasteiger partial charge in [0.2, 0.25) is 5.88 Å². The number of para-hydroxylation sites is 2. The monoisotopic (exact) mass is 391 g/mol. The minimum absolute atomic E-state index is 0.0698.